The number of nitrogens with one attached hydrogen (secondary N) is 4. The number of hydrogen-bond acceptors (Lipinski definition) is 11. The quantitative estimate of drug-likeness (QED) is 0.0425. The second kappa shape index (κ2) is 21.7. The number of nitrogens with zero attached hydrogens (tertiary/aromatic N) is 1. The van der Waals surface area contributed by atoms with E-state index < -0.39 is 78.4 Å². The highest BCUT2D eigenvalue weighted by Gasteiger charge is 2.39. The molecule has 264 valence electrons. The Morgan fingerprint density at radius 1 is 0.826 bits per heavy atom. The van der Waals surface area contributed by atoms with Crippen molar-refractivity contribution in [2.75, 3.05) is 32.0 Å². The number of aliphatic carboxylic acids is 1. The monoisotopic (exact) mass is 674 g/mol. The largest absolute Gasteiger partial charge is 0.480 e. The van der Waals surface area contributed by atoms with Crippen LogP contribution in [0, 0.1) is 5.92 Å². The minimum atomic E-state index is -1.38. The Morgan fingerprint density at radius 2 is 1.37 bits per heavy atom. The summed E-state index contributed by atoms with van der Waals surface area (Å²) in [5.41, 5.74) is 16.8. The first-order chi connectivity index (χ1) is 21.8. The molecule has 1 saturated heterocycles. The van der Waals surface area contributed by atoms with Crippen molar-refractivity contribution in [3.05, 3.63) is 0 Å². The van der Waals surface area contributed by atoms with Gasteiger partial charge in [-0.05, 0) is 76.8 Å². The first kappa shape index (κ1) is 41.0. The van der Waals surface area contributed by atoms with E-state index in [4.69, 9.17) is 17.2 Å². The molecule has 0 aromatic carbocycles. The minimum absolute atomic E-state index is 0.00938. The molecule has 17 heteroatoms. The topological polar surface area (TPSA) is 272 Å². The predicted octanol–water partition coefficient (Wildman–Crippen LogP) is -2.45. The molecule has 0 bridgehead atoms. The maximum absolute atomic E-state index is 13.8. The first-order valence-corrected chi connectivity index (χ1v) is 16.6. The zero-order valence-corrected chi connectivity index (χ0v) is 27.8. The lowest BCUT2D eigenvalue weighted by Gasteiger charge is -2.31. The van der Waals surface area contributed by atoms with Crippen LogP contribution in [0.3, 0.4) is 0 Å². The van der Waals surface area contributed by atoms with Crippen LogP contribution in [-0.2, 0) is 28.8 Å². The molecule has 5 amide bonds. The van der Waals surface area contributed by atoms with Crippen LogP contribution in [-0.4, -0.2) is 119 Å². The predicted molar refractivity (Wildman–Crippen MR) is 174 cm³/mol. The number of carboxylic acids is 1. The highest BCUT2D eigenvalue weighted by molar-refractivity contribution is 7.80. The van der Waals surface area contributed by atoms with Gasteiger partial charge in [0.25, 0.3) is 0 Å². The standard InChI is InChI=1S/C29H54N8O8S/c1-17(2)14-21(28(43)37-13-7-10-23(37)27(42)34-20(29(44)45)9-4-6-12-31)35-25(40)19(8-3-5-11-30)33-26(41)22(15-38)36-24(39)18(32)16-46/h17-23,38,46H,3-16,30-32H2,1-2H3,(H,33,41)(H,34,42)(H,35,40)(H,36,39)(H,44,45)/t18-,19-,20-,21-,22-,23-/m0/s1. The van der Waals surface area contributed by atoms with E-state index in [1.165, 1.54) is 4.90 Å². The molecule has 0 aromatic rings. The van der Waals surface area contributed by atoms with Gasteiger partial charge in [0.1, 0.15) is 30.2 Å². The van der Waals surface area contributed by atoms with Gasteiger partial charge in [0.2, 0.25) is 29.5 Å². The smallest absolute Gasteiger partial charge is 0.326 e. The van der Waals surface area contributed by atoms with Gasteiger partial charge in [0, 0.05) is 12.3 Å². The van der Waals surface area contributed by atoms with E-state index in [2.05, 4.69) is 33.9 Å². The molecule has 0 aromatic heterocycles. The fraction of sp³-hybridized carbons (Fsp3) is 0.793. The van der Waals surface area contributed by atoms with Crippen LogP contribution >= 0.6 is 12.6 Å². The molecular formula is C29H54N8O8S. The first-order valence-electron chi connectivity index (χ1n) is 15.9. The van der Waals surface area contributed by atoms with E-state index in [1.54, 1.807) is 0 Å². The second-order valence-electron chi connectivity index (χ2n) is 11.9. The molecule has 0 saturated carbocycles. The van der Waals surface area contributed by atoms with Crippen LogP contribution in [0.4, 0.5) is 0 Å². The summed E-state index contributed by atoms with van der Waals surface area (Å²) in [5, 5.41) is 29.5. The minimum Gasteiger partial charge on any atom is -0.480 e. The Bertz CT molecular complexity index is 1020. The molecule has 1 aliphatic rings. The van der Waals surface area contributed by atoms with Gasteiger partial charge in [-0.1, -0.05) is 13.8 Å². The summed E-state index contributed by atoms with van der Waals surface area (Å²) in [7, 11) is 0. The van der Waals surface area contributed by atoms with E-state index in [0.29, 0.717) is 51.6 Å². The maximum atomic E-state index is 13.8. The maximum Gasteiger partial charge on any atom is 0.326 e. The lowest BCUT2D eigenvalue weighted by molar-refractivity contribution is -0.145. The summed E-state index contributed by atoms with van der Waals surface area (Å²) in [4.78, 5) is 78.9. The molecule has 16 nitrogen and oxygen atoms in total. The van der Waals surface area contributed by atoms with Crippen molar-refractivity contribution < 1.29 is 39.0 Å². The van der Waals surface area contributed by atoms with Crippen molar-refractivity contribution in [3.8, 4) is 0 Å². The fourth-order valence-corrected chi connectivity index (χ4v) is 5.24. The second-order valence-corrected chi connectivity index (χ2v) is 12.3. The molecule has 0 unspecified atom stereocenters. The third-order valence-electron chi connectivity index (χ3n) is 7.65. The van der Waals surface area contributed by atoms with Crippen LogP contribution in [0.25, 0.3) is 0 Å². The number of hydrogen-bond donors (Lipinski definition) is 10. The van der Waals surface area contributed by atoms with Gasteiger partial charge in [-0.15, -0.1) is 0 Å². The third kappa shape index (κ3) is 13.8. The Balaban J connectivity index is 3.12. The number of carbonyl (C=O) groups is 6. The van der Waals surface area contributed by atoms with Gasteiger partial charge in [-0.2, -0.15) is 12.6 Å². The Hall–Kier alpha value is -2.99. The van der Waals surface area contributed by atoms with Gasteiger partial charge in [0.15, 0.2) is 0 Å². The molecule has 46 heavy (non-hydrogen) atoms. The van der Waals surface area contributed by atoms with Gasteiger partial charge in [0.05, 0.1) is 12.6 Å². The number of unbranched alkanes of at least 4 members (excludes halogenated alkanes) is 2. The number of nitrogens with two attached hydrogens (primary N) is 3. The van der Waals surface area contributed by atoms with E-state index >= 15 is 0 Å². The molecule has 12 N–H and O–H groups in total. The summed E-state index contributed by atoms with van der Waals surface area (Å²) in [6.45, 7) is 3.97. The number of carbonyl (C=O) groups excluding carboxylic acids is 5. The van der Waals surface area contributed by atoms with Crippen molar-refractivity contribution in [2.45, 2.75) is 108 Å². The van der Waals surface area contributed by atoms with Crippen molar-refractivity contribution >= 4 is 48.1 Å². The summed E-state index contributed by atoms with van der Waals surface area (Å²) < 4.78 is 0. The summed E-state index contributed by atoms with van der Waals surface area (Å²) in [6.07, 6.45) is 3.57. The number of rotatable bonds is 22. The highest BCUT2D eigenvalue weighted by Crippen LogP contribution is 2.21. The van der Waals surface area contributed by atoms with E-state index in [0.717, 1.165) is 0 Å². The van der Waals surface area contributed by atoms with Crippen LogP contribution in [0.2, 0.25) is 0 Å². The van der Waals surface area contributed by atoms with Gasteiger partial charge >= 0.3 is 5.97 Å². The van der Waals surface area contributed by atoms with Crippen LogP contribution in [0.5, 0.6) is 0 Å². The van der Waals surface area contributed by atoms with Crippen LogP contribution in [0.1, 0.15) is 71.6 Å². The van der Waals surface area contributed by atoms with E-state index in [9.17, 15) is 39.0 Å². The molecule has 1 aliphatic heterocycles. The molecule has 0 radical (unpaired) electrons. The molecule has 0 spiro atoms. The molecule has 1 heterocycles. The molecule has 1 rings (SSSR count). The van der Waals surface area contributed by atoms with Gasteiger partial charge < -0.3 is 53.6 Å². The van der Waals surface area contributed by atoms with Gasteiger partial charge in [-0.3, -0.25) is 24.0 Å². The third-order valence-corrected chi connectivity index (χ3v) is 8.04. The Kier molecular flexibility index (Phi) is 19.4. The van der Waals surface area contributed by atoms with Crippen molar-refractivity contribution in [1.29, 1.82) is 0 Å². The number of aliphatic hydroxyl groups is 1. The lowest BCUT2D eigenvalue weighted by Crippen LogP contribution is -2.59. The van der Waals surface area contributed by atoms with Crippen molar-refractivity contribution in [3.63, 3.8) is 0 Å². The Morgan fingerprint density at radius 3 is 1.89 bits per heavy atom. The molecule has 1 fully saturated rings. The number of amides is 5. The zero-order chi connectivity index (χ0) is 34.8. The van der Waals surface area contributed by atoms with Crippen molar-refractivity contribution in [1.82, 2.24) is 26.2 Å². The number of carboxylic acid groups (broad SMARTS) is 1. The van der Waals surface area contributed by atoms with Gasteiger partial charge in [-0.25, -0.2) is 4.79 Å². The molecular weight excluding hydrogens is 620 g/mol. The number of aliphatic hydroxyl groups excluding tert-OH is 1. The summed E-state index contributed by atoms with van der Waals surface area (Å²) in [5.74, 6) is -4.48. The highest BCUT2D eigenvalue weighted by atomic mass is 32.1. The van der Waals surface area contributed by atoms with Crippen molar-refractivity contribution in [2.24, 2.45) is 23.1 Å². The molecule has 6 atom stereocenters. The molecule has 0 aliphatic carbocycles. The fourth-order valence-electron chi connectivity index (χ4n) is 5.08. The Labute approximate surface area is 276 Å². The summed E-state index contributed by atoms with van der Waals surface area (Å²) >= 11 is 3.95. The average molecular weight is 675 g/mol. The normalized spacial score (nSPS) is 17.8. The number of thiol groups is 1. The zero-order valence-electron chi connectivity index (χ0n) is 26.9. The van der Waals surface area contributed by atoms with Crippen LogP contribution < -0.4 is 38.5 Å². The van der Waals surface area contributed by atoms with Crippen LogP contribution in [0.15, 0.2) is 0 Å². The van der Waals surface area contributed by atoms with E-state index in [-0.39, 0.29) is 37.5 Å². The van der Waals surface area contributed by atoms with E-state index in [1.807, 2.05) is 13.8 Å². The SMILES string of the molecule is CC(C)C[C@H](NC(=O)[C@H](CCCCN)NC(=O)[C@H](CO)NC(=O)[C@@H](N)CS)C(=O)N1CCC[C@H]1C(=O)N[C@@H](CCCCN)C(=O)O. The lowest BCUT2D eigenvalue weighted by atomic mass is 10.0. The average Bonchev–Trinajstić information content (AvgIpc) is 3.51. The number of likely N-dealkylation sites (tertiary alicyclic amines) is 1. The summed E-state index contributed by atoms with van der Waals surface area (Å²) in [6, 6.07) is -6.61.